The number of hydrogen-bond acceptors (Lipinski definition) is 4. The van der Waals surface area contributed by atoms with E-state index >= 15 is 0 Å². The average molecular weight is 333 g/mol. The first-order chi connectivity index (χ1) is 11.5. The summed E-state index contributed by atoms with van der Waals surface area (Å²) in [6.07, 6.45) is 2.79. The van der Waals surface area contributed by atoms with Crippen LogP contribution in [0.3, 0.4) is 0 Å². The van der Waals surface area contributed by atoms with E-state index in [0.29, 0.717) is 31.7 Å². The van der Waals surface area contributed by atoms with Gasteiger partial charge in [0.05, 0.1) is 17.8 Å². The number of nitrogens with zero attached hydrogens (tertiary/aromatic N) is 1. The van der Waals surface area contributed by atoms with Crippen molar-refractivity contribution < 1.29 is 19.7 Å². The van der Waals surface area contributed by atoms with Gasteiger partial charge in [-0.3, -0.25) is 4.79 Å². The van der Waals surface area contributed by atoms with E-state index in [4.69, 9.17) is 4.74 Å². The van der Waals surface area contributed by atoms with Crippen LogP contribution in [0.5, 0.6) is 5.75 Å². The van der Waals surface area contributed by atoms with Crippen molar-refractivity contribution >= 4 is 5.91 Å². The zero-order valence-corrected chi connectivity index (χ0v) is 14.5. The van der Waals surface area contributed by atoms with E-state index in [1.54, 1.807) is 17.0 Å². The molecule has 5 heteroatoms. The van der Waals surface area contributed by atoms with E-state index < -0.39 is 0 Å². The number of aliphatic hydroxyl groups is 1. The fourth-order valence-electron chi connectivity index (χ4n) is 4.09. The van der Waals surface area contributed by atoms with Crippen LogP contribution in [-0.4, -0.2) is 52.9 Å². The number of aryl methyl sites for hydroxylation is 1. The lowest BCUT2D eigenvalue weighted by molar-refractivity contribution is -0.207. The summed E-state index contributed by atoms with van der Waals surface area (Å²) in [5.74, 6) is -0.0812. The van der Waals surface area contributed by atoms with E-state index in [1.807, 2.05) is 19.9 Å². The molecular weight excluding hydrogens is 306 g/mol. The van der Waals surface area contributed by atoms with Gasteiger partial charge in [-0.15, -0.1) is 0 Å². The highest BCUT2D eigenvalue weighted by Gasteiger charge is 2.56. The summed E-state index contributed by atoms with van der Waals surface area (Å²) in [6, 6.07) is 5.26. The third-order valence-corrected chi connectivity index (χ3v) is 5.79. The molecule has 3 rings (SSSR count). The van der Waals surface area contributed by atoms with Crippen molar-refractivity contribution in [3.63, 3.8) is 0 Å². The second-order valence-corrected chi connectivity index (χ2v) is 6.93. The summed E-state index contributed by atoms with van der Waals surface area (Å²) in [6.45, 7) is 5.82. The van der Waals surface area contributed by atoms with Gasteiger partial charge in [0.25, 0.3) is 5.91 Å². The Balaban J connectivity index is 1.67. The van der Waals surface area contributed by atoms with Gasteiger partial charge in [0.1, 0.15) is 5.75 Å². The fraction of sp³-hybridized carbons (Fsp3) is 0.632. The molecule has 1 spiro atoms. The number of rotatable bonds is 4. The molecule has 0 unspecified atom stereocenters. The van der Waals surface area contributed by atoms with Gasteiger partial charge in [0.2, 0.25) is 0 Å². The molecule has 0 bridgehead atoms. The molecule has 1 aliphatic heterocycles. The highest BCUT2D eigenvalue weighted by Crippen LogP contribution is 2.51. The minimum absolute atomic E-state index is 0.0514. The minimum atomic E-state index is -0.330. The number of likely N-dealkylation sites (tertiary alicyclic amines) is 1. The molecule has 132 valence electrons. The first kappa shape index (κ1) is 17.2. The van der Waals surface area contributed by atoms with Crippen molar-refractivity contribution in [2.24, 2.45) is 5.41 Å². The maximum absolute atomic E-state index is 12.7. The van der Waals surface area contributed by atoms with E-state index in [2.05, 4.69) is 0 Å². The minimum Gasteiger partial charge on any atom is -0.507 e. The lowest BCUT2D eigenvalue weighted by Gasteiger charge is -2.56. The van der Waals surface area contributed by atoms with Crippen molar-refractivity contribution in [1.82, 2.24) is 4.90 Å². The number of hydrogen-bond donors (Lipinski definition) is 2. The van der Waals surface area contributed by atoms with Crippen LogP contribution < -0.4 is 0 Å². The molecule has 2 aliphatic rings. The first-order valence-electron chi connectivity index (χ1n) is 8.92. The molecule has 1 saturated heterocycles. The fourth-order valence-corrected chi connectivity index (χ4v) is 4.09. The van der Waals surface area contributed by atoms with Gasteiger partial charge in [0, 0.05) is 31.5 Å². The smallest absolute Gasteiger partial charge is 0.257 e. The molecule has 1 aromatic carbocycles. The lowest BCUT2D eigenvalue weighted by Crippen LogP contribution is -2.62. The number of phenolic OH excluding ortho intramolecular Hbond substituents is 1. The Morgan fingerprint density at radius 1 is 1.33 bits per heavy atom. The van der Waals surface area contributed by atoms with Crippen LogP contribution >= 0.6 is 0 Å². The van der Waals surface area contributed by atoms with Crippen LogP contribution in [-0.2, 0) is 11.2 Å². The second kappa shape index (κ2) is 6.73. The molecule has 1 saturated carbocycles. The van der Waals surface area contributed by atoms with Crippen LogP contribution in [0.4, 0.5) is 0 Å². The molecule has 1 amide bonds. The summed E-state index contributed by atoms with van der Waals surface area (Å²) in [5, 5.41) is 20.4. The molecule has 2 atom stereocenters. The van der Waals surface area contributed by atoms with Crippen molar-refractivity contribution in [2.75, 3.05) is 19.7 Å². The standard InChI is InChI=1S/C19H27NO4/c1-3-13-5-6-14(15(21)11-13)18(23)20-9-7-19(8-10-20)16(22)12-17(19)24-4-2/h5-6,11,16-17,21-22H,3-4,7-10,12H2,1-2H3/t16-,17+/m1/s1. The van der Waals surface area contributed by atoms with E-state index in [1.165, 1.54) is 0 Å². The quantitative estimate of drug-likeness (QED) is 0.887. The Bertz CT molecular complexity index is 605. The van der Waals surface area contributed by atoms with Gasteiger partial charge >= 0.3 is 0 Å². The van der Waals surface area contributed by atoms with Crippen molar-refractivity contribution in [1.29, 1.82) is 0 Å². The second-order valence-electron chi connectivity index (χ2n) is 6.93. The Morgan fingerprint density at radius 2 is 2.04 bits per heavy atom. The van der Waals surface area contributed by atoms with E-state index in [9.17, 15) is 15.0 Å². The van der Waals surface area contributed by atoms with Gasteiger partial charge in [0.15, 0.2) is 0 Å². The molecule has 5 nitrogen and oxygen atoms in total. The van der Waals surface area contributed by atoms with Gasteiger partial charge in [-0.05, 0) is 43.9 Å². The zero-order valence-electron chi connectivity index (χ0n) is 14.5. The topological polar surface area (TPSA) is 70.0 Å². The Hall–Kier alpha value is -1.59. The molecule has 1 heterocycles. The number of phenols is 1. The van der Waals surface area contributed by atoms with Gasteiger partial charge < -0.3 is 19.8 Å². The molecule has 2 fully saturated rings. The van der Waals surface area contributed by atoms with Crippen LogP contribution in [0.25, 0.3) is 0 Å². The third kappa shape index (κ3) is 2.80. The van der Waals surface area contributed by atoms with Crippen LogP contribution in [0.15, 0.2) is 18.2 Å². The number of aliphatic hydroxyl groups excluding tert-OH is 1. The highest BCUT2D eigenvalue weighted by molar-refractivity contribution is 5.97. The highest BCUT2D eigenvalue weighted by atomic mass is 16.5. The summed E-state index contributed by atoms with van der Waals surface area (Å²) in [4.78, 5) is 14.5. The number of amides is 1. The maximum atomic E-state index is 12.7. The number of piperidine rings is 1. The predicted molar refractivity (Wildman–Crippen MR) is 91.1 cm³/mol. The lowest BCUT2D eigenvalue weighted by atomic mass is 9.58. The summed E-state index contributed by atoms with van der Waals surface area (Å²) >= 11 is 0. The molecule has 0 radical (unpaired) electrons. The maximum Gasteiger partial charge on any atom is 0.257 e. The zero-order chi connectivity index (χ0) is 17.3. The number of carbonyl (C=O) groups excluding carboxylic acids is 1. The van der Waals surface area contributed by atoms with E-state index in [-0.39, 0.29) is 29.3 Å². The van der Waals surface area contributed by atoms with Crippen LogP contribution in [0, 0.1) is 5.41 Å². The summed E-state index contributed by atoms with van der Waals surface area (Å²) in [5.41, 5.74) is 1.18. The van der Waals surface area contributed by atoms with E-state index in [0.717, 1.165) is 24.8 Å². The molecule has 1 aliphatic carbocycles. The normalized spacial score (nSPS) is 25.5. The van der Waals surface area contributed by atoms with Crippen molar-refractivity contribution in [2.45, 2.75) is 51.7 Å². The Labute approximate surface area is 143 Å². The number of benzene rings is 1. The van der Waals surface area contributed by atoms with Crippen molar-refractivity contribution in [3.05, 3.63) is 29.3 Å². The molecule has 0 aromatic heterocycles. The monoisotopic (exact) mass is 333 g/mol. The average Bonchev–Trinajstić information content (AvgIpc) is 2.61. The number of carbonyl (C=O) groups is 1. The van der Waals surface area contributed by atoms with Crippen molar-refractivity contribution in [3.8, 4) is 5.75 Å². The molecule has 1 aromatic rings. The number of ether oxygens (including phenoxy) is 1. The summed E-state index contributed by atoms with van der Waals surface area (Å²) < 4.78 is 5.76. The number of aromatic hydroxyl groups is 1. The Morgan fingerprint density at radius 3 is 2.58 bits per heavy atom. The van der Waals surface area contributed by atoms with Gasteiger partial charge in [-0.25, -0.2) is 0 Å². The molecular formula is C19H27NO4. The van der Waals surface area contributed by atoms with Gasteiger partial charge in [-0.1, -0.05) is 13.0 Å². The van der Waals surface area contributed by atoms with Crippen LogP contribution in [0.2, 0.25) is 0 Å². The third-order valence-electron chi connectivity index (χ3n) is 5.79. The largest absolute Gasteiger partial charge is 0.507 e. The summed E-state index contributed by atoms with van der Waals surface area (Å²) in [7, 11) is 0. The predicted octanol–water partition coefficient (Wildman–Crippen LogP) is 2.35. The molecule has 24 heavy (non-hydrogen) atoms. The van der Waals surface area contributed by atoms with Gasteiger partial charge in [-0.2, -0.15) is 0 Å². The Kier molecular flexibility index (Phi) is 4.83. The van der Waals surface area contributed by atoms with Crippen LogP contribution in [0.1, 0.15) is 49.0 Å². The molecule has 2 N–H and O–H groups in total. The SMILES string of the molecule is CCO[C@H]1C[C@@H](O)C12CCN(C(=O)c1ccc(CC)cc1O)CC2. The first-order valence-corrected chi connectivity index (χ1v) is 8.92.